The molecule has 0 spiro atoms. The van der Waals surface area contributed by atoms with Gasteiger partial charge in [-0.3, -0.25) is 0 Å². The molecule has 2 N–H and O–H groups in total. The molecule has 13 heavy (non-hydrogen) atoms. The van der Waals surface area contributed by atoms with Crippen molar-refractivity contribution >= 4 is 23.4 Å². The monoisotopic (exact) mass is 213 g/mol. The van der Waals surface area contributed by atoms with Gasteiger partial charge in [-0.25, -0.2) is 0 Å². The molecule has 1 atom stereocenters. The van der Waals surface area contributed by atoms with Crippen LogP contribution in [0.3, 0.4) is 0 Å². The molecule has 0 aliphatic carbocycles. The number of thioether (sulfide) groups is 1. The third-order valence-electron chi connectivity index (χ3n) is 2.38. The molecule has 1 nitrogen and oxygen atoms in total. The van der Waals surface area contributed by atoms with Crippen molar-refractivity contribution in [2.24, 2.45) is 5.73 Å². The molecule has 70 valence electrons. The summed E-state index contributed by atoms with van der Waals surface area (Å²) in [7, 11) is 0. The molecule has 0 bridgehead atoms. The van der Waals surface area contributed by atoms with Crippen LogP contribution in [0.5, 0.6) is 0 Å². The predicted octanol–water partition coefficient (Wildman–Crippen LogP) is 2.88. The van der Waals surface area contributed by atoms with Crippen molar-refractivity contribution < 1.29 is 0 Å². The second kappa shape index (κ2) is 3.91. The second-order valence-corrected chi connectivity index (χ2v) is 4.68. The van der Waals surface area contributed by atoms with Crippen molar-refractivity contribution in [2.75, 3.05) is 12.3 Å². The molecule has 1 heterocycles. The highest BCUT2D eigenvalue weighted by molar-refractivity contribution is 7.99. The Bertz CT molecular complexity index is 314. The summed E-state index contributed by atoms with van der Waals surface area (Å²) in [5.74, 6) is 1.75. The zero-order valence-corrected chi connectivity index (χ0v) is 8.87. The molecule has 1 unspecified atom stereocenters. The van der Waals surface area contributed by atoms with E-state index >= 15 is 0 Å². The van der Waals surface area contributed by atoms with Gasteiger partial charge in [0.05, 0.1) is 5.02 Å². The van der Waals surface area contributed by atoms with Gasteiger partial charge >= 0.3 is 0 Å². The normalized spacial score (nSPS) is 20.3. The molecule has 1 aromatic carbocycles. The van der Waals surface area contributed by atoms with Crippen molar-refractivity contribution in [3.8, 4) is 0 Å². The molecule has 1 aliphatic heterocycles. The Morgan fingerprint density at radius 1 is 1.54 bits per heavy atom. The van der Waals surface area contributed by atoms with Crippen LogP contribution in [-0.4, -0.2) is 12.3 Å². The minimum absolute atomic E-state index is 0.615. The number of halogens is 1. The van der Waals surface area contributed by atoms with Gasteiger partial charge in [0.15, 0.2) is 0 Å². The lowest BCUT2D eigenvalue weighted by Gasteiger charge is -2.08. The minimum atomic E-state index is 0.615. The third-order valence-corrected chi connectivity index (χ3v) is 4.12. The number of fused-ring (bicyclic) bond motifs is 1. The SMILES string of the molecule is NCCC1CSc2c(Cl)cccc21. The van der Waals surface area contributed by atoms with Gasteiger partial charge in [-0.2, -0.15) is 0 Å². The number of hydrogen-bond acceptors (Lipinski definition) is 2. The third kappa shape index (κ3) is 1.71. The smallest absolute Gasteiger partial charge is 0.0544 e. The molecule has 0 saturated carbocycles. The number of benzene rings is 1. The van der Waals surface area contributed by atoms with E-state index in [1.807, 2.05) is 23.9 Å². The van der Waals surface area contributed by atoms with Gasteiger partial charge in [0.1, 0.15) is 0 Å². The molecule has 0 aromatic heterocycles. The lowest BCUT2D eigenvalue weighted by Crippen LogP contribution is -2.06. The van der Waals surface area contributed by atoms with Gasteiger partial charge in [-0.05, 0) is 30.5 Å². The summed E-state index contributed by atoms with van der Waals surface area (Å²) in [4.78, 5) is 1.27. The van der Waals surface area contributed by atoms with Crippen LogP contribution in [0.15, 0.2) is 23.1 Å². The van der Waals surface area contributed by atoms with Crippen molar-refractivity contribution in [2.45, 2.75) is 17.2 Å². The first kappa shape index (κ1) is 9.38. The molecule has 0 saturated heterocycles. The van der Waals surface area contributed by atoms with Crippen molar-refractivity contribution in [3.05, 3.63) is 28.8 Å². The van der Waals surface area contributed by atoms with Crippen LogP contribution in [0.2, 0.25) is 5.02 Å². The van der Waals surface area contributed by atoms with Gasteiger partial charge in [0.2, 0.25) is 0 Å². The van der Waals surface area contributed by atoms with Gasteiger partial charge in [0, 0.05) is 10.6 Å². The fraction of sp³-hybridized carbons (Fsp3) is 0.400. The summed E-state index contributed by atoms with van der Waals surface area (Å²) in [5.41, 5.74) is 6.95. The van der Waals surface area contributed by atoms with Gasteiger partial charge in [0.25, 0.3) is 0 Å². The summed E-state index contributed by atoms with van der Waals surface area (Å²) in [6.07, 6.45) is 1.07. The molecule has 1 aromatic rings. The first-order valence-electron chi connectivity index (χ1n) is 4.44. The van der Waals surface area contributed by atoms with Crippen LogP contribution in [-0.2, 0) is 0 Å². The fourth-order valence-corrected chi connectivity index (χ4v) is 3.38. The number of rotatable bonds is 2. The summed E-state index contributed by atoms with van der Waals surface area (Å²) < 4.78 is 0. The Kier molecular flexibility index (Phi) is 2.82. The summed E-state index contributed by atoms with van der Waals surface area (Å²) >= 11 is 7.94. The van der Waals surface area contributed by atoms with E-state index in [1.165, 1.54) is 10.5 Å². The highest BCUT2D eigenvalue weighted by atomic mass is 35.5. The van der Waals surface area contributed by atoms with Crippen LogP contribution in [0.4, 0.5) is 0 Å². The van der Waals surface area contributed by atoms with Crippen molar-refractivity contribution in [1.82, 2.24) is 0 Å². The lowest BCUT2D eigenvalue weighted by atomic mass is 9.98. The van der Waals surface area contributed by atoms with Crippen LogP contribution < -0.4 is 5.73 Å². The predicted molar refractivity (Wildman–Crippen MR) is 58.6 cm³/mol. The molecule has 2 rings (SSSR count). The summed E-state index contributed by atoms with van der Waals surface area (Å²) in [6.45, 7) is 0.761. The summed E-state index contributed by atoms with van der Waals surface area (Å²) in [5, 5.41) is 0.891. The van der Waals surface area contributed by atoms with Crippen LogP contribution in [0.25, 0.3) is 0 Å². The van der Waals surface area contributed by atoms with Crippen LogP contribution in [0, 0.1) is 0 Å². The van der Waals surface area contributed by atoms with E-state index in [0.717, 1.165) is 23.7 Å². The standard InChI is InChI=1S/C10H12ClNS/c11-9-3-1-2-8-7(4-5-12)6-13-10(8)9/h1-3,7H,4-6,12H2. The number of hydrogen-bond donors (Lipinski definition) is 1. The highest BCUT2D eigenvalue weighted by Gasteiger charge is 2.23. The van der Waals surface area contributed by atoms with Crippen molar-refractivity contribution in [3.63, 3.8) is 0 Å². The van der Waals surface area contributed by atoms with Crippen molar-refractivity contribution in [1.29, 1.82) is 0 Å². The molecular formula is C10H12ClNS. The first-order valence-corrected chi connectivity index (χ1v) is 5.80. The molecule has 0 radical (unpaired) electrons. The van der Waals surface area contributed by atoms with Crippen LogP contribution in [0.1, 0.15) is 17.9 Å². The topological polar surface area (TPSA) is 26.0 Å². The van der Waals surface area contributed by atoms with Gasteiger partial charge in [-0.15, -0.1) is 11.8 Å². The molecule has 0 amide bonds. The molecule has 1 aliphatic rings. The zero-order chi connectivity index (χ0) is 9.26. The van der Waals surface area contributed by atoms with E-state index in [1.54, 1.807) is 0 Å². The van der Waals surface area contributed by atoms with E-state index < -0.39 is 0 Å². The maximum atomic E-state index is 6.08. The Hall–Kier alpha value is -0.180. The minimum Gasteiger partial charge on any atom is -0.330 e. The zero-order valence-electron chi connectivity index (χ0n) is 7.29. The molecular weight excluding hydrogens is 202 g/mol. The Morgan fingerprint density at radius 3 is 3.15 bits per heavy atom. The van der Waals surface area contributed by atoms with E-state index in [0.29, 0.717) is 5.92 Å². The molecule has 3 heteroatoms. The van der Waals surface area contributed by atoms with E-state index in [9.17, 15) is 0 Å². The average Bonchev–Trinajstić information content (AvgIpc) is 2.51. The van der Waals surface area contributed by atoms with Gasteiger partial charge < -0.3 is 5.73 Å². The second-order valence-electron chi connectivity index (χ2n) is 3.24. The average molecular weight is 214 g/mol. The fourth-order valence-electron chi connectivity index (χ4n) is 1.71. The van der Waals surface area contributed by atoms with E-state index in [-0.39, 0.29) is 0 Å². The van der Waals surface area contributed by atoms with Crippen LogP contribution >= 0.6 is 23.4 Å². The Labute approximate surface area is 87.7 Å². The van der Waals surface area contributed by atoms with E-state index in [4.69, 9.17) is 17.3 Å². The lowest BCUT2D eigenvalue weighted by molar-refractivity contribution is 0.701. The maximum absolute atomic E-state index is 6.08. The Balaban J connectivity index is 2.32. The quantitative estimate of drug-likeness (QED) is 0.818. The van der Waals surface area contributed by atoms with Gasteiger partial charge in [-0.1, -0.05) is 23.7 Å². The Morgan fingerprint density at radius 2 is 2.38 bits per heavy atom. The molecule has 0 fully saturated rings. The highest BCUT2D eigenvalue weighted by Crippen LogP contribution is 2.44. The number of nitrogens with two attached hydrogens (primary N) is 1. The summed E-state index contributed by atoms with van der Waals surface area (Å²) in [6, 6.07) is 6.15. The largest absolute Gasteiger partial charge is 0.330 e. The first-order chi connectivity index (χ1) is 6.33. The maximum Gasteiger partial charge on any atom is 0.0544 e. The van der Waals surface area contributed by atoms with E-state index in [2.05, 4.69) is 6.07 Å².